The molecule has 2 aliphatic rings. The maximum absolute atomic E-state index is 13.2. The lowest BCUT2D eigenvalue weighted by Crippen LogP contribution is -2.39. The number of hydrogen-bond donors (Lipinski definition) is 3. The van der Waals surface area contributed by atoms with Crippen molar-refractivity contribution in [2.45, 2.75) is 24.8 Å². The standard InChI is InChI=1S/C18H19F3N8O.C2HF3O2/c1-27-9-13(15(26-27)18(19,20)21)24-17(30)12-7-23-29-3-2-14(25-16(12)29)28-8-10-4-11(28)6-22-5-10;3-2(4,5)1(6)7/h2-3,7,9-11,22H,4-6,8H2,1H3,(H,24,30);(H,6,7). The average molecular weight is 534 g/mol. The van der Waals surface area contributed by atoms with Gasteiger partial charge in [0.15, 0.2) is 11.3 Å². The molecule has 3 N–H and O–H groups in total. The summed E-state index contributed by atoms with van der Waals surface area (Å²) in [5, 5.41) is 20.3. The van der Waals surface area contributed by atoms with E-state index in [9.17, 15) is 31.1 Å². The predicted molar refractivity (Wildman–Crippen MR) is 115 cm³/mol. The van der Waals surface area contributed by atoms with Crippen molar-refractivity contribution in [2.24, 2.45) is 13.0 Å². The van der Waals surface area contributed by atoms with Gasteiger partial charge < -0.3 is 20.6 Å². The number of aromatic nitrogens is 5. The highest BCUT2D eigenvalue weighted by Crippen LogP contribution is 2.34. The number of rotatable bonds is 3. The molecule has 2 unspecified atom stereocenters. The third-order valence-corrected chi connectivity index (χ3v) is 5.80. The molecule has 0 radical (unpaired) electrons. The highest BCUT2D eigenvalue weighted by molar-refractivity contribution is 6.08. The van der Waals surface area contributed by atoms with Gasteiger partial charge in [-0.2, -0.15) is 36.5 Å². The van der Waals surface area contributed by atoms with Crippen LogP contribution in [0.2, 0.25) is 0 Å². The van der Waals surface area contributed by atoms with Gasteiger partial charge in [0, 0.05) is 38.6 Å². The lowest BCUT2D eigenvalue weighted by atomic mass is 10.0. The second-order valence-electron chi connectivity index (χ2n) is 8.50. The average Bonchev–Trinajstić information content (AvgIpc) is 3.47. The van der Waals surface area contributed by atoms with Gasteiger partial charge in [0.2, 0.25) is 0 Å². The highest BCUT2D eigenvalue weighted by Gasteiger charge is 2.39. The number of nitrogens with zero attached hydrogens (tertiary/aromatic N) is 6. The van der Waals surface area contributed by atoms with Crippen LogP contribution < -0.4 is 15.5 Å². The molecule has 17 heteroatoms. The number of hydrogen-bond acceptors (Lipinski definition) is 7. The fraction of sp³-hybridized carbons (Fsp3) is 0.450. The Morgan fingerprint density at radius 3 is 2.51 bits per heavy atom. The molecule has 2 bridgehead atoms. The van der Waals surface area contributed by atoms with E-state index in [1.165, 1.54) is 17.8 Å². The second-order valence-corrected chi connectivity index (χ2v) is 8.50. The summed E-state index contributed by atoms with van der Waals surface area (Å²) >= 11 is 0. The Balaban J connectivity index is 0.000000405. The van der Waals surface area contributed by atoms with Crippen LogP contribution in [0.3, 0.4) is 0 Å². The van der Waals surface area contributed by atoms with Crippen LogP contribution in [0.25, 0.3) is 5.65 Å². The Kier molecular flexibility index (Phi) is 6.74. The predicted octanol–water partition coefficient (Wildman–Crippen LogP) is 2.17. The van der Waals surface area contributed by atoms with E-state index < -0.39 is 35.6 Å². The minimum absolute atomic E-state index is 0.0918. The van der Waals surface area contributed by atoms with Gasteiger partial charge in [-0.15, -0.1) is 0 Å². The molecule has 0 aromatic carbocycles. The van der Waals surface area contributed by atoms with Gasteiger partial charge in [0.05, 0.1) is 11.9 Å². The normalized spacial score (nSPS) is 19.5. The van der Waals surface area contributed by atoms with Crippen LogP contribution in [0.1, 0.15) is 22.5 Å². The van der Waals surface area contributed by atoms with Crippen LogP contribution in [0.15, 0.2) is 24.7 Å². The summed E-state index contributed by atoms with van der Waals surface area (Å²) in [5.41, 5.74) is -1.18. The zero-order valence-corrected chi connectivity index (χ0v) is 19.0. The van der Waals surface area contributed by atoms with Gasteiger partial charge in [-0.1, -0.05) is 0 Å². The maximum Gasteiger partial charge on any atom is 0.490 e. The van der Waals surface area contributed by atoms with Crippen LogP contribution in [0.5, 0.6) is 0 Å². The number of carbonyl (C=O) groups is 2. The number of anilines is 2. The Morgan fingerprint density at radius 1 is 1.19 bits per heavy atom. The number of alkyl halides is 6. The van der Waals surface area contributed by atoms with Crippen LogP contribution in [-0.4, -0.2) is 73.2 Å². The lowest BCUT2D eigenvalue weighted by Gasteiger charge is -2.25. The number of carbonyl (C=O) groups excluding carboxylic acids is 1. The molecule has 2 saturated heterocycles. The van der Waals surface area contributed by atoms with E-state index in [0.717, 1.165) is 42.8 Å². The Hall–Kier alpha value is -3.89. The first kappa shape index (κ1) is 26.2. The smallest absolute Gasteiger partial charge is 0.475 e. The van der Waals surface area contributed by atoms with Crippen LogP contribution >= 0.6 is 0 Å². The number of amides is 1. The number of carboxylic acids is 1. The van der Waals surface area contributed by atoms with Gasteiger partial charge in [-0.05, 0) is 24.9 Å². The first-order chi connectivity index (χ1) is 17.2. The second kappa shape index (κ2) is 9.53. The van der Waals surface area contributed by atoms with Crippen molar-refractivity contribution in [1.29, 1.82) is 0 Å². The Labute approximate surface area is 204 Å². The summed E-state index contributed by atoms with van der Waals surface area (Å²) in [6, 6.07) is 2.18. The van der Waals surface area contributed by atoms with Crippen molar-refractivity contribution in [3.05, 3.63) is 35.9 Å². The fourth-order valence-corrected chi connectivity index (χ4v) is 4.25. The maximum atomic E-state index is 13.2. The van der Waals surface area contributed by atoms with E-state index in [-0.39, 0.29) is 11.2 Å². The van der Waals surface area contributed by atoms with E-state index in [2.05, 4.69) is 30.7 Å². The van der Waals surface area contributed by atoms with Gasteiger partial charge in [-0.25, -0.2) is 14.3 Å². The van der Waals surface area contributed by atoms with Crippen molar-refractivity contribution in [3.8, 4) is 0 Å². The number of carboxylic acid groups (broad SMARTS) is 1. The third-order valence-electron chi connectivity index (χ3n) is 5.80. The van der Waals surface area contributed by atoms with Crippen molar-refractivity contribution >= 4 is 29.0 Å². The van der Waals surface area contributed by atoms with Crippen LogP contribution in [-0.2, 0) is 18.0 Å². The fourth-order valence-electron chi connectivity index (χ4n) is 4.25. The lowest BCUT2D eigenvalue weighted by molar-refractivity contribution is -0.192. The monoisotopic (exact) mass is 534 g/mol. The van der Waals surface area contributed by atoms with Gasteiger partial charge in [0.25, 0.3) is 5.91 Å². The summed E-state index contributed by atoms with van der Waals surface area (Å²) in [6.45, 7) is 2.72. The summed E-state index contributed by atoms with van der Waals surface area (Å²) in [6.07, 6.45) is -4.56. The zero-order chi connectivity index (χ0) is 27.1. The molecule has 200 valence electrons. The topological polar surface area (TPSA) is 130 Å². The first-order valence-corrected chi connectivity index (χ1v) is 10.8. The molecule has 2 atom stereocenters. The molecule has 2 aliphatic heterocycles. The Bertz CT molecular complexity index is 1320. The van der Waals surface area contributed by atoms with Gasteiger partial charge in [0.1, 0.15) is 11.4 Å². The SMILES string of the molecule is Cn1cc(NC(=O)c2cnn3ccc(N4CC5CNCC4C5)nc23)c(C(F)(F)F)n1.O=C(O)C(F)(F)F. The summed E-state index contributed by atoms with van der Waals surface area (Å²) in [5.74, 6) is -2.20. The molecule has 3 aromatic heterocycles. The molecule has 5 rings (SSSR count). The summed E-state index contributed by atoms with van der Waals surface area (Å²) < 4.78 is 73.7. The van der Waals surface area contributed by atoms with E-state index in [1.807, 2.05) is 6.07 Å². The van der Waals surface area contributed by atoms with E-state index in [1.54, 1.807) is 6.20 Å². The van der Waals surface area contributed by atoms with Crippen molar-refractivity contribution < 1.29 is 41.0 Å². The van der Waals surface area contributed by atoms with E-state index in [4.69, 9.17) is 9.90 Å². The Morgan fingerprint density at radius 2 is 1.89 bits per heavy atom. The third kappa shape index (κ3) is 5.60. The quantitative estimate of drug-likeness (QED) is 0.436. The number of aryl methyl sites for hydroxylation is 1. The largest absolute Gasteiger partial charge is 0.490 e. The van der Waals surface area contributed by atoms with Crippen LogP contribution in [0, 0.1) is 5.92 Å². The molecular weight excluding hydrogens is 514 g/mol. The summed E-state index contributed by atoms with van der Waals surface area (Å²) in [4.78, 5) is 28.5. The van der Waals surface area contributed by atoms with Crippen molar-refractivity contribution in [3.63, 3.8) is 0 Å². The molecule has 11 nitrogen and oxygen atoms in total. The van der Waals surface area contributed by atoms with Crippen molar-refractivity contribution in [2.75, 3.05) is 29.9 Å². The van der Waals surface area contributed by atoms with Crippen LogP contribution in [0.4, 0.5) is 37.8 Å². The summed E-state index contributed by atoms with van der Waals surface area (Å²) in [7, 11) is 1.36. The number of fused-ring (bicyclic) bond motifs is 3. The number of halogens is 6. The molecule has 0 saturated carbocycles. The molecule has 2 fully saturated rings. The van der Waals surface area contributed by atoms with E-state index >= 15 is 0 Å². The van der Waals surface area contributed by atoms with E-state index in [0.29, 0.717) is 12.0 Å². The van der Waals surface area contributed by atoms with Gasteiger partial charge >= 0.3 is 18.3 Å². The van der Waals surface area contributed by atoms with Gasteiger partial charge in [-0.3, -0.25) is 9.48 Å². The minimum Gasteiger partial charge on any atom is -0.475 e. The molecule has 5 heterocycles. The minimum atomic E-state index is -5.08. The first-order valence-electron chi connectivity index (χ1n) is 10.8. The van der Waals surface area contributed by atoms with Crippen molar-refractivity contribution in [1.82, 2.24) is 29.7 Å². The molecular formula is C20H20F6N8O3. The number of nitrogens with one attached hydrogen (secondary N) is 2. The zero-order valence-electron chi connectivity index (χ0n) is 19.0. The molecule has 0 spiro atoms. The highest BCUT2D eigenvalue weighted by atomic mass is 19.4. The molecule has 37 heavy (non-hydrogen) atoms. The number of aliphatic carboxylic acids is 1. The molecule has 1 amide bonds. The molecule has 3 aromatic rings. The molecule has 0 aliphatic carbocycles. The number of piperidine rings is 1.